The van der Waals surface area contributed by atoms with Crippen LogP contribution in [-0.2, 0) is 0 Å². The first-order valence-electron chi connectivity index (χ1n) is 8.23. The molecule has 0 spiro atoms. The number of fused-ring (bicyclic) bond motifs is 1. The fourth-order valence-electron chi connectivity index (χ4n) is 2.88. The molecule has 4 aromatic rings. The molecule has 0 radical (unpaired) electrons. The Morgan fingerprint density at radius 3 is 2.89 bits per heavy atom. The molecule has 7 nitrogen and oxygen atoms in total. The van der Waals surface area contributed by atoms with Gasteiger partial charge >= 0.3 is 0 Å². The molecule has 1 aromatic carbocycles. The van der Waals surface area contributed by atoms with Crippen LogP contribution in [0.25, 0.3) is 16.9 Å². The molecule has 0 fully saturated rings. The number of nitrogens with one attached hydrogen (secondary N) is 1. The highest BCUT2D eigenvalue weighted by Gasteiger charge is 2.20. The van der Waals surface area contributed by atoms with E-state index in [-0.39, 0.29) is 11.9 Å². The molecule has 0 amide bonds. The molecule has 3 aromatic heterocycles. The predicted molar refractivity (Wildman–Crippen MR) is 97.6 cm³/mol. The third-order valence-corrected chi connectivity index (χ3v) is 4.09. The minimum absolute atomic E-state index is 0.329. The van der Waals surface area contributed by atoms with E-state index >= 15 is 0 Å². The molecular weight excluding hydrogens is 345 g/mol. The highest BCUT2D eigenvalue weighted by Crippen LogP contribution is 2.27. The van der Waals surface area contributed by atoms with Gasteiger partial charge in [0.2, 0.25) is 0 Å². The zero-order valence-electron chi connectivity index (χ0n) is 14.3. The SMILES string of the molecule is C[C@H](Nc1ncncc1C#N)c1nc2ccc(F)cc2n1-c1ccccn1. The van der Waals surface area contributed by atoms with Crippen LogP contribution in [0.2, 0.25) is 0 Å². The molecule has 0 unspecified atom stereocenters. The molecule has 0 aliphatic heterocycles. The van der Waals surface area contributed by atoms with E-state index in [1.807, 2.05) is 25.1 Å². The van der Waals surface area contributed by atoms with Crippen LogP contribution < -0.4 is 5.32 Å². The minimum Gasteiger partial charge on any atom is -0.359 e. The van der Waals surface area contributed by atoms with Crippen molar-refractivity contribution in [1.29, 1.82) is 5.26 Å². The maximum atomic E-state index is 13.9. The smallest absolute Gasteiger partial charge is 0.147 e. The fourth-order valence-corrected chi connectivity index (χ4v) is 2.88. The first kappa shape index (κ1) is 16.6. The van der Waals surface area contributed by atoms with E-state index in [0.29, 0.717) is 34.1 Å². The maximum Gasteiger partial charge on any atom is 0.147 e. The second-order valence-corrected chi connectivity index (χ2v) is 5.89. The summed E-state index contributed by atoms with van der Waals surface area (Å²) in [7, 11) is 0. The van der Waals surface area contributed by atoms with Gasteiger partial charge in [-0.1, -0.05) is 6.07 Å². The number of nitriles is 1. The van der Waals surface area contributed by atoms with Crippen molar-refractivity contribution in [2.24, 2.45) is 0 Å². The van der Waals surface area contributed by atoms with E-state index in [0.717, 1.165) is 0 Å². The summed E-state index contributed by atoms with van der Waals surface area (Å²) < 4.78 is 15.7. The van der Waals surface area contributed by atoms with Gasteiger partial charge in [0.1, 0.15) is 41.2 Å². The lowest BCUT2D eigenvalue weighted by Gasteiger charge is -2.16. The minimum atomic E-state index is -0.352. The number of anilines is 1. The molecule has 1 atom stereocenters. The number of halogens is 1. The van der Waals surface area contributed by atoms with Crippen molar-refractivity contribution in [3.8, 4) is 11.9 Å². The zero-order chi connectivity index (χ0) is 18.8. The Balaban J connectivity index is 1.85. The third-order valence-electron chi connectivity index (χ3n) is 4.09. The van der Waals surface area contributed by atoms with Crippen molar-refractivity contribution in [3.63, 3.8) is 0 Å². The van der Waals surface area contributed by atoms with Crippen LogP contribution in [0.1, 0.15) is 24.4 Å². The van der Waals surface area contributed by atoms with Crippen LogP contribution >= 0.6 is 0 Å². The van der Waals surface area contributed by atoms with Gasteiger partial charge in [-0.25, -0.2) is 24.3 Å². The van der Waals surface area contributed by atoms with Crippen LogP contribution in [0, 0.1) is 17.1 Å². The molecule has 0 saturated heterocycles. The third kappa shape index (κ3) is 3.06. The van der Waals surface area contributed by atoms with E-state index in [4.69, 9.17) is 0 Å². The lowest BCUT2D eigenvalue weighted by Crippen LogP contribution is -2.15. The van der Waals surface area contributed by atoms with Crippen LogP contribution in [0.15, 0.2) is 55.1 Å². The summed E-state index contributed by atoms with van der Waals surface area (Å²) in [5, 5.41) is 12.4. The van der Waals surface area contributed by atoms with Gasteiger partial charge < -0.3 is 5.32 Å². The zero-order valence-corrected chi connectivity index (χ0v) is 14.3. The molecule has 0 aliphatic carbocycles. The molecule has 8 heteroatoms. The number of hydrogen-bond donors (Lipinski definition) is 1. The predicted octanol–water partition coefficient (Wildman–Crippen LogP) is 3.39. The van der Waals surface area contributed by atoms with Gasteiger partial charge in [0.15, 0.2) is 0 Å². The number of pyridine rings is 1. The molecule has 27 heavy (non-hydrogen) atoms. The number of hydrogen-bond acceptors (Lipinski definition) is 6. The Kier molecular flexibility index (Phi) is 4.18. The molecular formula is C19H14FN7. The summed E-state index contributed by atoms with van der Waals surface area (Å²) in [5.74, 6) is 1.30. The Hall–Kier alpha value is -3.86. The van der Waals surface area contributed by atoms with Crippen molar-refractivity contribution in [2.45, 2.75) is 13.0 Å². The molecule has 4 rings (SSSR count). The Labute approximate surface area is 154 Å². The van der Waals surface area contributed by atoms with Crippen LogP contribution in [-0.4, -0.2) is 24.5 Å². The van der Waals surface area contributed by atoms with E-state index in [2.05, 4.69) is 31.3 Å². The number of imidazole rings is 1. The molecule has 132 valence electrons. The fraction of sp³-hybridized carbons (Fsp3) is 0.105. The second kappa shape index (κ2) is 6.80. The summed E-state index contributed by atoms with van der Waals surface area (Å²) in [5.41, 5.74) is 1.59. The Morgan fingerprint density at radius 1 is 1.22 bits per heavy atom. The number of aromatic nitrogens is 5. The molecule has 0 aliphatic rings. The van der Waals surface area contributed by atoms with Crippen molar-refractivity contribution in [1.82, 2.24) is 24.5 Å². The van der Waals surface area contributed by atoms with Gasteiger partial charge in [-0.05, 0) is 31.2 Å². The van der Waals surface area contributed by atoms with Crippen LogP contribution in [0.5, 0.6) is 0 Å². The van der Waals surface area contributed by atoms with Gasteiger partial charge in [-0.2, -0.15) is 5.26 Å². The summed E-state index contributed by atoms with van der Waals surface area (Å²) in [4.78, 5) is 17.0. The summed E-state index contributed by atoms with van der Waals surface area (Å²) in [6.07, 6.45) is 4.48. The highest BCUT2D eigenvalue weighted by molar-refractivity contribution is 5.78. The van der Waals surface area contributed by atoms with Gasteiger partial charge in [-0.3, -0.25) is 4.57 Å². The van der Waals surface area contributed by atoms with Gasteiger partial charge in [0.05, 0.1) is 23.3 Å². The largest absolute Gasteiger partial charge is 0.359 e. The lowest BCUT2D eigenvalue weighted by atomic mass is 10.2. The normalized spacial score (nSPS) is 11.9. The van der Waals surface area contributed by atoms with E-state index in [9.17, 15) is 9.65 Å². The van der Waals surface area contributed by atoms with Gasteiger partial charge in [0.25, 0.3) is 0 Å². The average Bonchev–Trinajstić information content (AvgIpc) is 3.08. The summed E-state index contributed by atoms with van der Waals surface area (Å²) >= 11 is 0. The number of nitrogens with zero attached hydrogens (tertiary/aromatic N) is 6. The topological polar surface area (TPSA) is 92.3 Å². The lowest BCUT2D eigenvalue weighted by molar-refractivity contribution is 0.629. The molecule has 3 heterocycles. The summed E-state index contributed by atoms with van der Waals surface area (Å²) in [6.45, 7) is 1.89. The van der Waals surface area contributed by atoms with Crippen molar-refractivity contribution in [2.75, 3.05) is 5.32 Å². The van der Waals surface area contributed by atoms with E-state index < -0.39 is 0 Å². The van der Waals surface area contributed by atoms with Gasteiger partial charge in [-0.15, -0.1) is 0 Å². The van der Waals surface area contributed by atoms with E-state index in [1.54, 1.807) is 16.8 Å². The monoisotopic (exact) mass is 359 g/mol. The standard InChI is InChI=1S/C19H14FN7/c1-12(25-18-13(9-21)10-22-11-24-18)19-26-15-6-5-14(20)8-16(15)27(19)17-4-2-3-7-23-17/h2-8,10-12H,1H3,(H,22,24,25)/t12-/m0/s1. The Bertz CT molecular complexity index is 1150. The van der Waals surface area contributed by atoms with Crippen LogP contribution in [0.4, 0.5) is 10.2 Å². The first-order valence-corrected chi connectivity index (χ1v) is 8.23. The van der Waals surface area contributed by atoms with Crippen molar-refractivity contribution >= 4 is 16.9 Å². The van der Waals surface area contributed by atoms with Crippen molar-refractivity contribution in [3.05, 3.63) is 72.3 Å². The van der Waals surface area contributed by atoms with E-state index in [1.165, 1.54) is 24.7 Å². The summed E-state index contributed by atoms with van der Waals surface area (Å²) in [6, 6.07) is 11.7. The number of benzene rings is 1. The van der Waals surface area contributed by atoms with Gasteiger partial charge in [0, 0.05) is 12.3 Å². The first-order chi connectivity index (χ1) is 13.2. The number of rotatable bonds is 4. The Morgan fingerprint density at radius 2 is 2.11 bits per heavy atom. The van der Waals surface area contributed by atoms with Crippen LogP contribution in [0.3, 0.4) is 0 Å². The molecule has 1 N–H and O–H groups in total. The highest BCUT2D eigenvalue weighted by atomic mass is 19.1. The van der Waals surface area contributed by atoms with Crippen molar-refractivity contribution < 1.29 is 4.39 Å². The average molecular weight is 359 g/mol. The second-order valence-electron chi connectivity index (χ2n) is 5.89. The molecule has 0 saturated carbocycles. The molecule has 0 bridgehead atoms. The maximum absolute atomic E-state index is 13.9. The quantitative estimate of drug-likeness (QED) is 0.600.